The molecule has 0 unspecified atom stereocenters. The van der Waals surface area contributed by atoms with Crippen LogP contribution in [0.5, 0.6) is 5.75 Å². The molecule has 5 nitrogen and oxygen atoms in total. The normalized spacial score (nSPS) is 14.7. The van der Waals surface area contributed by atoms with Crippen molar-refractivity contribution in [2.75, 3.05) is 7.11 Å². The zero-order valence-corrected chi connectivity index (χ0v) is 19.6. The highest BCUT2D eigenvalue weighted by molar-refractivity contribution is 5.80. The number of hydrogen-bond acceptors (Lipinski definition) is 5. The lowest BCUT2D eigenvalue weighted by Gasteiger charge is -2.32. The molecule has 0 aliphatic carbocycles. The van der Waals surface area contributed by atoms with E-state index in [1.807, 2.05) is 6.92 Å². The van der Waals surface area contributed by atoms with E-state index in [-0.39, 0.29) is 24.1 Å². The second kappa shape index (κ2) is 11.3. The Balaban J connectivity index is 3.02. The molecule has 0 aliphatic rings. The van der Waals surface area contributed by atoms with Gasteiger partial charge in [-0.2, -0.15) is 0 Å². The molecular formula is C24H37FO5. The van der Waals surface area contributed by atoms with Crippen molar-refractivity contribution in [3.8, 4) is 5.75 Å². The predicted molar refractivity (Wildman–Crippen MR) is 115 cm³/mol. The first-order valence-electron chi connectivity index (χ1n) is 10.7. The summed E-state index contributed by atoms with van der Waals surface area (Å²) in [5.41, 5.74) is 0.209. The molecule has 3 atom stereocenters. The smallest absolute Gasteiger partial charge is 0.309 e. The fraction of sp³-hybridized carbons (Fsp3) is 0.667. The summed E-state index contributed by atoms with van der Waals surface area (Å²) in [5.74, 6) is -1.39. The van der Waals surface area contributed by atoms with Crippen LogP contribution in [0.15, 0.2) is 18.2 Å². The minimum Gasteiger partial charge on any atom is -0.496 e. The van der Waals surface area contributed by atoms with Gasteiger partial charge in [-0.1, -0.05) is 39.7 Å². The Morgan fingerprint density at radius 1 is 1.10 bits per heavy atom. The van der Waals surface area contributed by atoms with Crippen molar-refractivity contribution in [2.24, 2.45) is 11.8 Å². The molecule has 1 aromatic carbocycles. The topological polar surface area (TPSA) is 61.8 Å². The summed E-state index contributed by atoms with van der Waals surface area (Å²) in [7, 11) is 1.50. The van der Waals surface area contributed by atoms with E-state index in [4.69, 9.17) is 14.2 Å². The summed E-state index contributed by atoms with van der Waals surface area (Å²) in [6.07, 6.45) is 1.23. The zero-order valence-electron chi connectivity index (χ0n) is 19.6. The number of ether oxygens (including phenoxy) is 3. The number of methoxy groups -OCH3 is 1. The number of carbonyl (C=O) groups is 2. The van der Waals surface area contributed by atoms with Crippen LogP contribution in [-0.4, -0.2) is 30.8 Å². The summed E-state index contributed by atoms with van der Waals surface area (Å²) in [6, 6.07) is 4.45. The average Bonchev–Trinajstić information content (AvgIpc) is 2.64. The van der Waals surface area contributed by atoms with E-state index in [1.54, 1.807) is 33.8 Å². The van der Waals surface area contributed by atoms with E-state index >= 15 is 0 Å². The van der Waals surface area contributed by atoms with Gasteiger partial charge in [0.05, 0.1) is 19.4 Å². The first-order chi connectivity index (χ1) is 13.9. The second-order valence-corrected chi connectivity index (χ2v) is 8.82. The molecule has 1 aromatic rings. The Labute approximate surface area is 180 Å². The standard InChI is InChI=1S/C24H37FO5/c1-9-17(10-2)22(19-12-11-18(25)14-20(19)28-8)16(4)29-23(27)15(3)13-21(26)30-24(5,6)7/h11-12,14-17,22H,9-10,13H2,1-8H3/t15-,16+,22-/m1/s1. The maximum Gasteiger partial charge on any atom is 0.309 e. The highest BCUT2D eigenvalue weighted by Gasteiger charge is 2.33. The molecule has 0 saturated heterocycles. The van der Waals surface area contributed by atoms with Crippen molar-refractivity contribution in [1.29, 1.82) is 0 Å². The molecule has 0 saturated carbocycles. The Morgan fingerprint density at radius 3 is 2.20 bits per heavy atom. The third-order valence-electron chi connectivity index (χ3n) is 5.21. The summed E-state index contributed by atoms with van der Waals surface area (Å²) < 4.78 is 30.2. The molecule has 6 heteroatoms. The summed E-state index contributed by atoms with van der Waals surface area (Å²) in [6.45, 7) is 13.0. The Hall–Kier alpha value is -2.11. The minimum atomic E-state index is -0.625. The van der Waals surface area contributed by atoms with Crippen molar-refractivity contribution in [3.05, 3.63) is 29.6 Å². The minimum absolute atomic E-state index is 0.0433. The van der Waals surface area contributed by atoms with Gasteiger partial charge in [0.1, 0.15) is 23.3 Å². The maximum absolute atomic E-state index is 13.7. The first-order valence-corrected chi connectivity index (χ1v) is 10.7. The third kappa shape index (κ3) is 7.62. The fourth-order valence-corrected chi connectivity index (χ4v) is 3.74. The van der Waals surface area contributed by atoms with Crippen molar-refractivity contribution >= 4 is 11.9 Å². The van der Waals surface area contributed by atoms with Gasteiger partial charge >= 0.3 is 11.9 Å². The van der Waals surface area contributed by atoms with Gasteiger partial charge in [-0.05, 0) is 39.7 Å². The van der Waals surface area contributed by atoms with Crippen LogP contribution in [0.25, 0.3) is 0 Å². The molecule has 0 bridgehead atoms. The van der Waals surface area contributed by atoms with Crippen LogP contribution in [0, 0.1) is 17.7 Å². The molecule has 1 rings (SSSR count). The number of halogens is 1. The predicted octanol–water partition coefficient (Wildman–Crippen LogP) is 5.65. The van der Waals surface area contributed by atoms with Crippen LogP contribution in [0.4, 0.5) is 4.39 Å². The van der Waals surface area contributed by atoms with E-state index in [0.29, 0.717) is 5.75 Å². The Kier molecular flexibility index (Phi) is 9.79. The number of benzene rings is 1. The third-order valence-corrected chi connectivity index (χ3v) is 5.21. The van der Waals surface area contributed by atoms with E-state index < -0.39 is 29.6 Å². The number of carbonyl (C=O) groups excluding carboxylic acids is 2. The summed E-state index contributed by atoms with van der Waals surface area (Å²) in [5, 5.41) is 0. The lowest BCUT2D eigenvalue weighted by Crippen LogP contribution is -2.32. The largest absolute Gasteiger partial charge is 0.496 e. The van der Waals surface area contributed by atoms with Crippen LogP contribution < -0.4 is 4.74 Å². The Bertz CT molecular complexity index is 706. The van der Waals surface area contributed by atoms with Gasteiger partial charge in [0.2, 0.25) is 0 Å². The lowest BCUT2D eigenvalue weighted by atomic mass is 9.79. The molecule has 0 spiro atoms. The maximum atomic E-state index is 13.7. The number of hydrogen-bond donors (Lipinski definition) is 0. The monoisotopic (exact) mass is 424 g/mol. The van der Waals surface area contributed by atoms with Gasteiger partial charge in [-0.15, -0.1) is 0 Å². The second-order valence-electron chi connectivity index (χ2n) is 8.82. The molecule has 0 aromatic heterocycles. The van der Waals surface area contributed by atoms with Crippen molar-refractivity contribution in [2.45, 2.75) is 85.4 Å². The number of esters is 2. The van der Waals surface area contributed by atoms with Crippen LogP contribution in [0.3, 0.4) is 0 Å². The van der Waals surface area contributed by atoms with Gasteiger partial charge in [0, 0.05) is 17.5 Å². The number of rotatable bonds is 10. The van der Waals surface area contributed by atoms with Crippen LogP contribution in [-0.2, 0) is 19.1 Å². The van der Waals surface area contributed by atoms with Crippen molar-refractivity contribution in [1.82, 2.24) is 0 Å². The van der Waals surface area contributed by atoms with Crippen molar-refractivity contribution in [3.63, 3.8) is 0 Å². The molecule has 0 aliphatic heterocycles. The van der Waals surface area contributed by atoms with Gasteiger partial charge in [0.25, 0.3) is 0 Å². The van der Waals surface area contributed by atoms with Gasteiger partial charge in [-0.25, -0.2) is 4.39 Å². The average molecular weight is 425 g/mol. The van der Waals surface area contributed by atoms with Crippen LogP contribution >= 0.6 is 0 Å². The molecule has 0 radical (unpaired) electrons. The van der Waals surface area contributed by atoms with Gasteiger partial charge < -0.3 is 14.2 Å². The van der Waals surface area contributed by atoms with E-state index in [1.165, 1.54) is 19.2 Å². The van der Waals surface area contributed by atoms with Crippen LogP contribution in [0.1, 0.15) is 79.2 Å². The van der Waals surface area contributed by atoms with E-state index in [9.17, 15) is 14.0 Å². The molecular weight excluding hydrogens is 387 g/mol. The van der Waals surface area contributed by atoms with Crippen LogP contribution in [0.2, 0.25) is 0 Å². The quantitative estimate of drug-likeness (QED) is 0.454. The molecule has 0 N–H and O–H groups in total. The van der Waals surface area contributed by atoms with E-state index in [0.717, 1.165) is 18.4 Å². The molecule has 0 amide bonds. The van der Waals surface area contributed by atoms with Crippen molar-refractivity contribution < 1.29 is 28.2 Å². The lowest BCUT2D eigenvalue weighted by molar-refractivity contribution is -0.163. The SMILES string of the molecule is CCC(CC)[C@H](c1ccc(F)cc1OC)[C@H](C)OC(=O)[C@H](C)CC(=O)OC(C)(C)C. The molecule has 170 valence electrons. The first kappa shape index (κ1) is 25.9. The molecule has 0 fully saturated rings. The highest BCUT2D eigenvalue weighted by atomic mass is 19.1. The summed E-state index contributed by atoms with van der Waals surface area (Å²) >= 11 is 0. The zero-order chi connectivity index (χ0) is 23.1. The van der Waals surface area contributed by atoms with Gasteiger partial charge in [0.15, 0.2) is 0 Å². The molecule has 30 heavy (non-hydrogen) atoms. The Morgan fingerprint density at radius 2 is 1.70 bits per heavy atom. The van der Waals surface area contributed by atoms with E-state index in [2.05, 4.69) is 13.8 Å². The highest BCUT2D eigenvalue weighted by Crippen LogP contribution is 2.39. The van der Waals surface area contributed by atoms with Gasteiger partial charge in [-0.3, -0.25) is 9.59 Å². The molecule has 0 heterocycles. The fourth-order valence-electron chi connectivity index (χ4n) is 3.74. The summed E-state index contributed by atoms with van der Waals surface area (Å²) in [4.78, 5) is 24.7.